The van der Waals surface area contributed by atoms with Crippen molar-refractivity contribution in [3.05, 3.63) is 64.6 Å². The lowest BCUT2D eigenvalue weighted by Crippen LogP contribution is -2.65. The zero-order chi connectivity index (χ0) is 19.2. The van der Waals surface area contributed by atoms with Crippen LogP contribution in [-0.4, -0.2) is 38.3 Å². The Morgan fingerprint density at radius 2 is 1.85 bits per heavy atom. The van der Waals surface area contributed by atoms with Crippen LogP contribution < -0.4 is 10.2 Å². The van der Waals surface area contributed by atoms with Gasteiger partial charge in [-0.15, -0.1) is 0 Å². The van der Waals surface area contributed by atoms with E-state index in [9.17, 15) is 9.59 Å². The molecule has 1 aliphatic rings. The van der Waals surface area contributed by atoms with Gasteiger partial charge in [0.25, 0.3) is 0 Å². The molecule has 0 aliphatic carbocycles. The predicted octanol–water partition coefficient (Wildman–Crippen LogP) is 2.72. The van der Waals surface area contributed by atoms with Crippen LogP contribution in [0, 0.1) is 5.92 Å². The number of methoxy groups -OCH3 is 1. The smallest absolute Gasteiger partial charge is 0.243 e. The molecule has 1 saturated heterocycles. The molecule has 0 radical (unpaired) electrons. The molecule has 1 aliphatic heterocycles. The number of rotatable bonds is 8. The van der Waals surface area contributed by atoms with Crippen molar-refractivity contribution in [2.24, 2.45) is 5.92 Å². The highest BCUT2D eigenvalue weighted by atomic mass is 79.9. The lowest BCUT2D eigenvalue weighted by atomic mass is 9.89. The molecule has 1 fully saturated rings. The zero-order valence-corrected chi connectivity index (χ0v) is 16.5. The van der Waals surface area contributed by atoms with Gasteiger partial charge in [-0.2, -0.15) is 0 Å². The van der Waals surface area contributed by atoms with Crippen LogP contribution in [0.15, 0.2) is 59.1 Å². The van der Waals surface area contributed by atoms with E-state index >= 15 is 0 Å². The van der Waals surface area contributed by atoms with Gasteiger partial charge in [-0.3, -0.25) is 14.5 Å². The lowest BCUT2D eigenvalue weighted by Gasteiger charge is -2.38. The number of ether oxygens (including phenoxy) is 2. The molecule has 142 valence electrons. The van der Waals surface area contributed by atoms with E-state index in [1.165, 1.54) is 12.0 Å². The summed E-state index contributed by atoms with van der Waals surface area (Å²) < 4.78 is 11.6. The molecular weight excluding hydrogens is 412 g/mol. The third-order valence-corrected chi connectivity index (χ3v) is 5.03. The van der Waals surface area contributed by atoms with Crippen LogP contribution >= 0.6 is 15.9 Å². The molecule has 27 heavy (non-hydrogen) atoms. The number of nitrogens with zero attached hydrogens (tertiary/aromatic N) is 1. The van der Waals surface area contributed by atoms with E-state index in [4.69, 9.17) is 9.47 Å². The van der Waals surface area contributed by atoms with Gasteiger partial charge in [-0.25, -0.2) is 0 Å². The maximum absolute atomic E-state index is 13.0. The molecule has 3 rings (SSSR count). The summed E-state index contributed by atoms with van der Waals surface area (Å²) in [6.45, 7) is 0.761. The molecule has 7 heteroatoms. The number of para-hydroxylation sites is 1. The zero-order valence-electron chi connectivity index (χ0n) is 14.9. The Balaban J connectivity index is 1.65. The van der Waals surface area contributed by atoms with Crippen LogP contribution in [0.4, 0.5) is 5.69 Å². The second kappa shape index (κ2) is 9.12. The number of benzene rings is 2. The lowest BCUT2D eigenvalue weighted by molar-refractivity contribution is -0.146. The molecule has 2 aromatic carbocycles. The van der Waals surface area contributed by atoms with Crippen LogP contribution in [0.25, 0.3) is 0 Å². The summed E-state index contributed by atoms with van der Waals surface area (Å²) in [7, 11) is 1.51. The Labute approximate surface area is 166 Å². The van der Waals surface area contributed by atoms with Gasteiger partial charge < -0.3 is 14.8 Å². The van der Waals surface area contributed by atoms with Crippen molar-refractivity contribution in [1.29, 1.82) is 0 Å². The van der Waals surface area contributed by atoms with Gasteiger partial charge in [0.15, 0.2) is 0 Å². The van der Waals surface area contributed by atoms with Gasteiger partial charge in [-0.05, 0) is 33.6 Å². The second-order valence-electron chi connectivity index (χ2n) is 6.23. The number of hydrogen-bond donors (Lipinski definition) is 1. The second-order valence-corrected chi connectivity index (χ2v) is 7.08. The van der Waals surface area contributed by atoms with E-state index in [1.807, 2.05) is 48.5 Å². The largest absolute Gasteiger partial charge is 0.375 e. The van der Waals surface area contributed by atoms with Crippen molar-refractivity contribution < 1.29 is 19.1 Å². The van der Waals surface area contributed by atoms with E-state index in [0.29, 0.717) is 12.3 Å². The number of carbonyl (C=O) groups is 2. The fraction of sp³-hybridized carbons (Fsp3) is 0.300. The average Bonchev–Trinajstić information content (AvgIpc) is 2.66. The van der Waals surface area contributed by atoms with Gasteiger partial charge >= 0.3 is 0 Å². The van der Waals surface area contributed by atoms with Crippen molar-refractivity contribution in [2.75, 3.05) is 25.3 Å². The monoisotopic (exact) mass is 432 g/mol. The SMILES string of the molecule is COCN(C(=O)[C@@H]1C(=O)N[C@H]1COCc1ccccc1)c1ccccc1Br. The maximum atomic E-state index is 13.0. The summed E-state index contributed by atoms with van der Waals surface area (Å²) >= 11 is 3.45. The number of anilines is 1. The van der Waals surface area contributed by atoms with Gasteiger partial charge in [0.2, 0.25) is 11.8 Å². The maximum Gasteiger partial charge on any atom is 0.243 e. The number of β-lactam (4-membered cyclic amide) rings is 1. The molecule has 0 saturated carbocycles. The quantitative estimate of drug-likeness (QED) is 0.395. The van der Waals surface area contributed by atoms with Crippen molar-refractivity contribution >= 4 is 33.4 Å². The molecule has 1 N–H and O–H groups in total. The summed E-state index contributed by atoms with van der Waals surface area (Å²) in [5, 5.41) is 2.76. The predicted molar refractivity (Wildman–Crippen MR) is 105 cm³/mol. The third kappa shape index (κ3) is 4.55. The minimum absolute atomic E-state index is 0.0584. The summed E-state index contributed by atoms with van der Waals surface area (Å²) in [4.78, 5) is 26.6. The third-order valence-electron chi connectivity index (χ3n) is 4.35. The molecule has 0 spiro atoms. The molecule has 0 aromatic heterocycles. The Bertz CT molecular complexity index is 800. The van der Waals surface area contributed by atoms with Crippen molar-refractivity contribution in [1.82, 2.24) is 5.32 Å². The summed E-state index contributed by atoms with van der Waals surface area (Å²) in [6.07, 6.45) is 0. The molecule has 0 unspecified atom stereocenters. The van der Waals surface area contributed by atoms with Crippen LogP contribution in [0.5, 0.6) is 0 Å². The summed E-state index contributed by atoms with van der Waals surface area (Å²) in [5.74, 6) is -1.38. The fourth-order valence-electron chi connectivity index (χ4n) is 2.96. The Kier molecular flexibility index (Phi) is 6.60. The standard InChI is InChI=1S/C20H21BrN2O4/c1-26-13-23(17-10-6-5-9-15(17)21)20(25)18-16(22-19(18)24)12-27-11-14-7-3-2-4-8-14/h2-10,16,18H,11-13H2,1H3,(H,22,24)/t16-,18-/m0/s1. The van der Waals surface area contributed by atoms with Gasteiger partial charge in [0.05, 0.1) is 24.9 Å². The molecule has 6 nitrogen and oxygen atoms in total. The van der Waals surface area contributed by atoms with Crippen LogP contribution in [0.2, 0.25) is 0 Å². The Morgan fingerprint density at radius 1 is 1.15 bits per heavy atom. The number of nitrogens with one attached hydrogen (secondary N) is 1. The van der Waals surface area contributed by atoms with Crippen LogP contribution in [0.1, 0.15) is 5.56 Å². The number of hydrogen-bond acceptors (Lipinski definition) is 4. The first-order valence-corrected chi connectivity index (χ1v) is 9.38. The van der Waals surface area contributed by atoms with E-state index in [0.717, 1.165) is 10.0 Å². The van der Waals surface area contributed by atoms with Crippen molar-refractivity contribution in [3.8, 4) is 0 Å². The first-order chi connectivity index (χ1) is 13.1. The average molecular weight is 433 g/mol. The molecule has 2 amide bonds. The molecule has 2 aromatic rings. The van der Waals surface area contributed by atoms with Crippen LogP contribution in [-0.2, 0) is 25.7 Å². The first kappa shape index (κ1) is 19.5. The number of amides is 2. The molecule has 0 bridgehead atoms. The molecule has 1 heterocycles. The summed E-state index contributed by atoms with van der Waals surface area (Å²) in [6, 6.07) is 16.7. The highest BCUT2D eigenvalue weighted by Crippen LogP contribution is 2.29. The van der Waals surface area contributed by atoms with E-state index < -0.39 is 5.92 Å². The minimum atomic E-state index is -0.789. The van der Waals surface area contributed by atoms with Crippen molar-refractivity contribution in [2.45, 2.75) is 12.6 Å². The molecule has 2 atom stereocenters. The van der Waals surface area contributed by atoms with E-state index in [1.54, 1.807) is 6.07 Å². The van der Waals surface area contributed by atoms with Crippen LogP contribution in [0.3, 0.4) is 0 Å². The number of halogens is 1. The van der Waals surface area contributed by atoms with Gasteiger partial charge in [-0.1, -0.05) is 42.5 Å². The summed E-state index contributed by atoms with van der Waals surface area (Å²) in [5.41, 5.74) is 1.70. The minimum Gasteiger partial charge on any atom is -0.375 e. The fourth-order valence-corrected chi connectivity index (χ4v) is 3.46. The van der Waals surface area contributed by atoms with Gasteiger partial charge in [0, 0.05) is 11.6 Å². The topological polar surface area (TPSA) is 67.9 Å². The first-order valence-electron chi connectivity index (χ1n) is 8.58. The molecular formula is C20H21BrN2O4. The van der Waals surface area contributed by atoms with E-state index in [-0.39, 0.29) is 31.2 Å². The van der Waals surface area contributed by atoms with Crippen molar-refractivity contribution in [3.63, 3.8) is 0 Å². The van der Waals surface area contributed by atoms with E-state index in [2.05, 4.69) is 21.2 Å². The van der Waals surface area contributed by atoms with Gasteiger partial charge in [0.1, 0.15) is 12.6 Å². The Hall–Kier alpha value is -2.22. The number of carbonyl (C=O) groups excluding carboxylic acids is 2. The highest BCUT2D eigenvalue weighted by molar-refractivity contribution is 9.10. The normalized spacial score (nSPS) is 18.5. The Morgan fingerprint density at radius 3 is 2.52 bits per heavy atom. The highest BCUT2D eigenvalue weighted by Gasteiger charge is 2.47.